The Balaban J connectivity index is 1.69. The van der Waals surface area contributed by atoms with Gasteiger partial charge in [-0.05, 0) is 50.8 Å². The Morgan fingerprint density at radius 2 is 2.04 bits per heavy atom. The maximum atomic E-state index is 12.7. The number of carboxylic acids is 1. The van der Waals surface area contributed by atoms with E-state index < -0.39 is 11.4 Å². The Morgan fingerprint density at radius 1 is 1.30 bits per heavy atom. The molecule has 2 N–H and O–H groups in total. The lowest BCUT2D eigenvalue weighted by molar-refractivity contribution is -0.149. The highest BCUT2D eigenvalue weighted by molar-refractivity contribution is 5.97. The van der Waals surface area contributed by atoms with Crippen LogP contribution in [0, 0.1) is 11.3 Å². The molecule has 1 heterocycles. The molecule has 1 aromatic carbocycles. The highest BCUT2D eigenvalue weighted by Crippen LogP contribution is 2.48. The minimum atomic E-state index is -0.799. The van der Waals surface area contributed by atoms with E-state index in [2.05, 4.69) is 5.32 Å². The van der Waals surface area contributed by atoms with E-state index in [0.717, 1.165) is 12.8 Å². The molecular formula is C20H27N3O4. The number of hydrogen-bond donors (Lipinski definition) is 2. The van der Waals surface area contributed by atoms with Crippen LogP contribution in [0.15, 0.2) is 24.3 Å². The number of nitrogens with zero attached hydrogens (tertiary/aromatic N) is 2. The number of rotatable bonds is 5. The first-order valence-corrected chi connectivity index (χ1v) is 9.60. The number of carboxylic acid groups (broad SMARTS) is 1. The van der Waals surface area contributed by atoms with Crippen molar-refractivity contribution in [3.8, 4) is 0 Å². The molecule has 27 heavy (non-hydrogen) atoms. The number of aliphatic carboxylic acids is 1. The first-order chi connectivity index (χ1) is 12.9. The molecule has 1 aromatic rings. The Hall–Kier alpha value is -2.57. The summed E-state index contributed by atoms with van der Waals surface area (Å²) < 4.78 is 0. The van der Waals surface area contributed by atoms with E-state index in [1.54, 1.807) is 34.1 Å². The van der Waals surface area contributed by atoms with Gasteiger partial charge in [-0.15, -0.1) is 0 Å². The summed E-state index contributed by atoms with van der Waals surface area (Å²) in [7, 11) is 0. The van der Waals surface area contributed by atoms with E-state index >= 15 is 0 Å². The van der Waals surface area contributed by atoms with Crippen LogP contribution in [-0.4, -0.2) is 59.0 Å². The van der Waals surface area contributed by atoms with Crippen LogP contribution in [0.5, 0.6) is 0 Å². The van der Waals surface area contributed by atoms with Gasteiger partial charge >= 0.3 is 12.0 Å². The van der Waals surface area contributed by atoms with E-state index in [1.807, 2.05) is 13.8 Å². The van der Waals surface area contributed by atoms with E-state index in [0.29, 0.717) is 37.3 Å². The minimum Gasteiger partial charge on any atom is -0.481 e. The fourth-order valence-corrected chi connectivity index (χ4v) is 4.42. The Morgan fingerprint density at radius 3 is 2.67 bits per heavy atom. The Kier molecular flexibility index (Phi) is 5.39. The molecule has 1 saturated heterocycles. The topological polar surface area (TPSA) is 90.0 Å². The van der Waals surface area contributed by atoms with Gasteiger partial charge < -0.3 is 20.2 Å². The molecule has 7 nitrogen and oxygen atoms in total. The van der Waals surface area contributed by atoms with Gasteiger partial charge in [0.25, 0.3) is 5.91 Å². The summed E-state index contributed by atoms with van der Waals surface area (Å²) in [6.07, 6.45) is 2.39. The third kappa shape index (κ3) is 3.50. The standard InChI is InChI=1S/C20H27N3O4/c1-3-22(4-2)17(24)14-7-5-9-16(11-14)21-19(27)23-12-15-8-6-10-20(15,13-23)18(25)26/h5,7,9,11,15H,3-4,6,8,10,12-13H2,1-2H3,(H,21,27)(H,25,26)/t15-,20+/m0/s1. The average molecular weight is 373 g/mol. The summed E-state index contributed by atoms with van der Waals surface area (Å²) in [6.45, 7) is 5.81. The predicted octanol–water partition coefficient (Wildman–Crippen LogP) is 2.89. The van der Waals surface area contributed by atoms with Crippen molar-refractivity contribution in [3.05, 3.63) is 29.8 Å². The van der Waals surface area contributed by atoms with E-state index in [4.69, 9.17) is 0 Å². The van der Waals surface area contributed by atoms with Crippen molar-refractivity contribution in [1.29, 1.82) is 0 Å². The maximum absolute atomic E-state index is 12.7. The molecule has 7 heteroatoms. The monoisotopic (exact) mass is 373 g/mol. The van der Waals surface area contributed by atoms with E-state index in [1.165, 1.54) is 0 Å². The van der Waals surface area contributed by atoms with Crippen LogP contribution in [0.1, 0.15) is 43.5 Å². The number of hydrogen-bond acceptors (Lipinski definition) is 3. The zero-order chi connectivity index (χ0) is 19.6. The molecule has 1 saturated carbocycles. The number of fused-ring (bicyclic) bond motifs is 1. The van der Waals surface area contributed by atoms with Crippen molar-refractivity contribution >= 4 is 23.6 Å². The highest BCUT2D eigenvalue weighted by Gasteiger charge is 2.55. The van der Waals surface area contributed by atoms with Crippen LogP contribution in [0.25, 0.3) is 0 Å². The van der Waals surface area contributed by atoms with Crippen molar-refractivity contribution in [2.75, 3.05) is 31.5 Å². The molecule has 2 aliphatic rings. The van der Waals surface area contributed by atoms with Gasteiger partial charge in [0.15, 0.2) is 0 Å². The van der Waals surface area contributed by atoms with Crippen LogP contribution in [0.3, 0.4) is 0 Å². The number of carbonyl (C=O) groups is 3. The normalized spacial score (nSPS) is 23.8. The van der Waals surface area contributed by atoms with Crippen molar-refractivity contribution < 1.29 is 19.5 Å². The van der Waals surface area contributed by atoms with Gasteiger partial charge in [-0.2, -0.15) is 0 Å². The van der Waals surface area contributed by atoms with E-state index in [9.17, 15) is 19.5 Å². The summed E-state index contributed by atoms with van der Waals surface area (Å²) >= 11 is 0. The second-order valence-electron chi connectivity index (χ2n) is 7.42. The SMILES string of the molecule is CCN(CC)C(=O)c1cccc(NC(=O)N2C[C@@H]3CCC[C@@]3(C(=O)O)C2)c1. The predicted molar refractivity (Wildman–Crippen MR) is 102 cm³/mol. The number of nitrogens with one attached hydrogen (secondary N) is 1. The van der Waals surface area contributed by atoms with Crippen LogP contribution in [-0.2, 0) is 4.79 Å². The molecule has 1 aliphatic heterocycles. The number of urea groups is 1. The molecule has 0 unspecified atom stereocenters. The third-order valence-electron chi connectivity index (χ3n) is 6.00. The zero-order valence-electron chi connectivity index (χ0n) is 15.9. The molecule has 2 fully saturated rings. The smallest absolute Gasteiger partial charge is 0.321 e. The largest absolute Gasteiger partial charge is 0.481 e. The fourth-order valence-electron chi connectivity index (χ4n) is 4.42. The minimum absolute atomic E-state index is 0.0244. The number of anilines is 1. The quantitative estimate of drug-likeness (QED) is 0.830. The molecule has 146 valence electrons. The van der Waals surface area contributed by atoms with Gasteiger partial charge in [-0.3, -0.25) is 9.59 Å². The fraction of sp³-hybridized carbons (Fsp3) is 0.550. The molecule has 3 rings (SSSR count). The summed E-state index contributed by atoms with van der Waals surface area (Å²) in [5.41, 5.74) is 0.272. The number of amides is 3. The van der Waals surface area contributed by atoms with Crippen molar-refractivity contribution in [2.45, 2.75) is 33.1 Å². The second kappa shape index (κ2) is 7.58. The lowest BCUT2D eigenvalue weighted by Crippen LogP contribution is -2.38. The van der Waals surface area contributed by atoms with Gasteiger partial charge in [0.05, 0.1) is 5.41 Å². The lowest BCUT2D eigenvalue weighted by atomic mass is 9.81. The van der Waals surface area contributed by atoms with Gasteiger partial charge in [0.1, 0.15) is 0 Å². The number of benzene rings is 1. The van der Waals surface area contributed by atoms with Crippen molar-refractivity contribution in [2.24, 2.45) is 11.3 Å². The average Bonchev–Trinajstić information content (AvgIpc) is 3.21. The lowest BCUT2D eigenvalue weighted by Gasteiger charge is -2.23. The van der Waals surface area contributed by atoms with Crippen LogP contribution >= 0.6 is 0 Å². The molecule has 0 radical (unpaired) electrons. The molecule has 1 aliphatic carbocycles. The Bertz CT molecular complexity index is 746. The summed E-state index contributed by atoms with van der Waals surface area (Å²) in [5, 5.41) is 12.5. The first-order valence-electron chi connectivity index (χ1n) is 9.60. The van der Waals surface area contributed by atoms with Crippen molar-refractivity contribution in [1.82, 2.24) is 9.80 Å². The highest BCUT2D eigenvalue weighted by atomic mass is 16.4. The zero-order valence-corrected chi connectivity index (χ0v) is 15.9. The van der Waals surface area contributed by atoms with Gasteiger partial charge in [0.2, 0.25) is 0 Å². The van der Waals surface area contributed by atoms with Gasteiger partial charge in [-0.25, -0.2) is 4.79 Å². The summed E-state index contributed by atoms with van der Waals surface area (Å²) in [5.74, 6) is -0.847. The van der Waals surface area contributed by atoms with Crippen LogP contribution < -0.4 is 5.32 Å². The third-order valence-corrected chi connectivity index (χ3v) is 6.00. The second-order valence-corrected chi connectivity index (χ2v) is 7.42. The maximum Gasteiger partial charge on any atom is 0.321 e. The molecule has 0 aromatic heterocycles. The van der Waals surface area contributed by atoms with E-state index in [-0.39, 0.29) is 24.4 Å². The van der Waals surface area contributed by atoms with Gasteiger partial charge in [-0.1, -0.05) is 12.5 Å². The summed E-state index contributed by atoms with van der Waals surface area (Å²) in [4.78, 5) is 40.2. The molecular weight excluding hydrogens is 346 g/mol. The molecule has 3 amide bonds. The van der Waals surface area contributed by atoms with Gasteiger partial charge in [0, 0.05) is 37.4 Å². The van der Waals surface area contributed by atoms with Crippen LogP contribution in [0.4, 0.5) is 10.5 Å². The van der Waals surface area contributed by atoms with Crippen LogP contribution in [0.2, 0.25) is 0 Å². The number of likely N-dealkylation sites (tertiary alicyclic amines) is 1. The molecule has 0 bridgehead atoms. The molecule has 0 spiro atoms. The number of carbonyl (C=O) groups excluding carboxylic acids is 2. The molecule has 2 atom stereocenters. The summed E-state index contributed by atoms with van der Waals surface area (Å²) in [6, 6.07) is 6.57. The van der Waals surface area contributed by atoms with Crippen molar-refractivity contribution in [3.63, 3.8) is 0 Å². The first kappa shape index (κ1) is 19.2. The Labute approximate surface area is 159 Å².